The normalized spacial score (nSPS) is 19.4. The first-order valence-electron chi connectivity index (χ1n) is 10.2. The number of rotatable bonds is 8. The smallest absolute Gasteiger partial charge is 0.204 e. The van der Waals surface area contributed by atoms with Crippen LogP contribution >= 0.6 is 0 Å². The molecular weight excluding hydrogens is 374 g/mol. The average molecular weight is 402 g/mol. The van der Waals surface area contributed by atoms with Gasteiger partial charge in [0, 0.05) is 5.92 Å². The quantitative estimate of drug-likeness (QED) is 0.494. The second-order valence-electron chi connectivity index (χ2n) is 7.24. The molecule has 3 rings (SSSR count). The predicted octanol–water partition coefficient (Wildman–Crippen LogP) is 6.17. The molecule has 3 nitrogen and oxygen atoms in total. The van der Waals surface area contributed by atoms with Crippen LogP contribution in [0.15, 0.2) is 48.6 Å². The summed E-state index contributed by atoms with van der Waals surface area (Å²) in [6.07, 6.45) is 7.17. The third-order valence-electron chi connectivity index (χ3n) is 5.04. The second-order valence-corrected chi connectivity index (χ2v) is 7.24. The maximum Gasteiger partial charge on any atom is 0.204 e. The van der Waals surface area contributed by atoms with Gasteiger partial charge in [-0.3, -0.25) is 0 Å². The molecule has 0 saturated carbocycles. The zero-order valence-electron chi connectivity index (χ0n) is 17.0. The van der Waals surface area contributed by atoms with Crippen molar-refractivity contribution in [3.8, 4) is 11.5 Å². The number of benzene rings is 2. The first kappa shape index (κ1) is 21.3. The molecule has 2 unspecified atom stereocenters. The van der Waals surface area contributed by atoms with E-state index in [2.05, 4.69) is 18.2 Å². The van der Waals surface area contributed by atoms with Crippen LogP contribution in [0.3, 0.4) is 0 Å². The van der Waals surface area contributed by atoms with Gasteiger partial charge in [0.25, 0.3) is 0 Å². The standard InChI is InChI=1S/C24H28F2O3/c1-3-5-20-11-10-19(16-28-20)18-8-6-17(7-9-18)15-29-22-13-12-21(27-14-4-2)23(25)24(22)26/h3,5-9,12-13,19-20H,4,10-11,14-16H2,1-2H3. The number of hydrogen-bond donors (Lipinski definition) is 0. The van der Waals surface area contributed by atoms with Gasteiger partial charge in [-0.25, -0.2) is 0 Å². The van der Waals surface area contributed by atoms with Crippen LogP contribution in [0.5, 0.6) is 11.5 Å². The van der Waals surface area contributed by atoms with Gasteiger partial charge < -0.3 is 14.2 Å². The minimum absolute atomic E-state index is 0.0904. The van der Waals surface area contributed by atoms with Gasteiger partial charge in [-0.1, -0.05) is 43.3 Å². The molecule has 29 heavy (non-hydrogen) atoms. The van der Waals surface area contributed by atoms with E-state index < -0.39 is 11.6 Å². The molecule has 2 aromatic carbocycles. The molecule has 156 valence electrons. The Morgan fingerprint density at radius 1 is 1.00 bits per heavy atom. The molecule has 2 aromatic rings. The number of hydrogen-bond acceptors (Lipinski definition) is 3. The van der Waals surface area contributed by atoms with E-state index in [0.717, 1.165) is 24.8 Å². The minimum atomic E-state index is -1.02. The van der Waals surface area contributed by atoms with Crippen LogP contribution in [-0.4, -0.2) is 19.3 Å². The van der Waals surface area contributed by atoms with Crippen molar-refractivity contribution in [1.82, 2.24) is 0 Å². The van der Waals surface area contributed by atoms with Crippen LogP contribution in [0.2, 0.25) is 0 Å². The van der Waals surface area contributed by atoms with Crippen molar-refractivity contribution in [3.05, 3.63) is 71.3 Å². The van der Waals surface area contributed by atoms with E-state index in [4.69, 9.17) is 14.2 Å². The van der Waals surface area contributed by atoms with E-state index in [1.165, 1.54) is 17.7 Å². The van der Waals surface area contributed by atoms with Gasteiger partial charge in [-0.05, 0) is 49.4 Å². The van der Waals surface area contributed by atoms with Crippen molar-refractivity contribution in [1.29, 1.82) is 0 Å². The molecule has 0 radical (unpaired) electrons. The van der Waals surface area contributed by atoms with Gasteiger partial charge in [0.2, 0.25) is 11.6 Å². The van der Waals surface area contributed by atoms with Crippen molar-refractivity contribution < 1.29 is 23.0 Å². The van der Waals surface area contributed by atoms with Gasteiger partial charge >= 0.3 is 0 Å². The SMILES string of the molecule is CC=CC1CCC(c2ccc(COc3ccc(OCCC)c(F)c3F)cc2)CO1. The van der Waals surface area contributed by atoms with Gasteiger partial charge in [-0.15, -0.1) is 0 Å². The van der Waals surface area contributed by atoms with Crippen LogP contribution in [0.4, 0.5) is 8.78 Å². The fourth-order valence-electron chi connectivity index (χ4n) is 3.40. The Balaban J connectivity index is 1.56. The molecule has 5 heteroatoms. The number of allylic oxidation sites excluding steroid dienone is 1. The molecule has 0 aliphatic carbocycles. The van der Waals surface area contributed by atoms with Crippen LogP contribution in [0.25, 0.3) is 0 Å². The topological polar surface area (TPSA) is 27.7 Å². The Morgan fingerprint density at radius 2 is 1.69 bits per heavy atom. The monoisotopic (exact) mass is 402 g/mol. The summed E-state index contributed by atoms with van der Waals surface area (Å²) < 4.78 is 44.8. The zero-order valence-corrected chi connectivity index (χ0v) is 17.0. The molecule has 1 aliphatic rings. The average Bonchev–Trinajstić information content (AvgIpc) is 2.75. The summed E-state index contributed by atoms with van der Waals surface area (Å²) in [4.78, 5) is 0. The molecular formula is C24H28F2O3. The Hall–Kier alpha value is -2.40. The number of ether oxygens (including phenoxy) is 3. The highest BCUT2D eigenvalue weighted by molar-refractivity contribution is 5.35. The lowest BCUT2D eigenvalue weighted by Crippen LogP contribution is -2.23. The maximum atomic E-state index is 14.2. The highest BCUT2D eigenvalue weighted by Crippen LogP contribution is 2.30. The van der Waals surface area contributed by atoms with Crippen molar-refractivity contribution in [2.45, 2.75) is 51.7 Å². The Bertz CT molecular complexity index is 810. The highest BCUT2D eigenvalue weighted by Gasteiger charge is 2.21. The molecule has 0 amide bonds. The summed E-state index contributed by atoms with van der Waals surface area (Å²) in [6.45, 7) is 5.12. The molecule has 0 N–H and O–H groups in total. The van der Waals surface area contributed by atoms with Crippen molar-refractivity contribution in [2.75, 3.05) is 13.2 Å². The minimum Gasteiger partial charge on any atom is -0.490 e. The number of halogens is 2. The van der Waals surface area contributed by atoms with Crippen molar-refractivity contribution in [2.24, 2.45) is 0 Å². The third kappa shape index (κ3) is 5.57. The van der Waals surface area contributed by atoms with Crippen LogP contribution in [-0.2, 0) is 11.3 Å². The predicted molar refractivity (Wildman–Crippen MR) is 109 cm³/mol. The molecule has 2 atom stereocenters. The highest BCUT2D eigenvalue weighted by atomic mass is 19.2. The van der Waals surface area contributed by atoms with Gasteiger partial charge in [-0.2, -0.15) is 8.78 Å². The van der Waals surface area contributed by atoms with Crippen molar-refractivity contribution in [3.63, 3.8) is 0 Å². The zero-order chi connectivity index (χ0) is 20.6. The van der Waals surface area contributed by atoms with Crippen molar-refractivity contribution >= 4 is 0 Å². The van der Waals surface area contributed by atoms with Crippen LogP contribution in [0, 0.1) is 11.6 Å². The van der Waals surface area contributed by atoms with E-state index in [1.807, 2.05) is 32.1 Å². The molecule has 1 heterocycles. The molecule has 0 aromatic heterocycles. The molecule has 1 aliphatic heterocycles. The van der Waals surface area contributed by atoms with Crippen LogP contribution in [0.1, 0.15) is 50.2 Å². The van der Waals surface area contributed by atoms with Gasteiger partial charge in [0.1, 0.15) is 6.61 Å². The van der Waals surface area contributed by atoms with E-state index in [9.17, 15) is 8.78 Å². The lowest BCUT2D eigenvalue weighted by molar-refractivity contribution is 0.0326. The summed E-state index contributed by atoms with van der Waals surface area (Å²) in [5, 5.41) is 0. The second kappa shape index (κ2) is 10.4. The summed E-state index contributed by atoms with van der Waals surface area (Å²) >= 11 is 0. The van der Waals surface area contributed by atoms with E-state index in [-0.39, 0.29) is 24.2 Å². The summed E-state index contributed by atoms with van der Waals surface area (Å²) in [6, 6.07) is 10.8. The lowest BCUT2D eigenvalue weighted by atomic mass is 9.91. The molecule has 0 spiro atoms. The van der Waals surface area contributed by atoms with E-state index in [0.29, 0.717) is 19.1 Å². The van der Waals surface area contributed by atoms with E-state index >= 15 is 0 Å². The fraction of sp³-hybridized carbons (Fsp3) is 0.417. The van der Waals surface area contributed by atoms with Crippen LogP contribution < -0.4 is 9.47 Å². The van der Waals surface area contributed by atoms with E-state index in [1.54, 1.807) is 0 Å². The lowest BCUT2D eigenvalue weighted by Gasteiger charge is -2.27. The Morgan fingerprint density at radius 3 is 2.28 bits per heavy atom. The summed E-state index contributed by atoms with van der Waals surface area (Å²) in [5.41, 5.74) is 2.12. The maximum absolute atomic E-state index is 14.2. The third-order valence-corrected chi connectivity index (χ3v) is 5.04. The largest absolute Gasteiger partial charge is 0.490 e. The van der Waals surface area contributed by atoms with Gasteiger partial charge in [0.05, 0.1) is 19.3 Å². The summed E-state index contributed by atoms with van der Waals surface area (Å²) in [5.74, 6) is -1.86. The molecule has 0 bridgehead atoms. The fourth-order valence-corrected chi connectivity index (χ4v) is 3.40. The Kier molecular flexibility index (Phi) is 7.64. The Labute approximate surface area is 171 Å². The van der Waals surface area contributed by atoms with Gasteiger partial charge in [0.15, 0.2) is 11.5 Å². The first-order valence-corrected chi connectivity index (χ1v) is 10.2. The first-order chi connectivity index (χ1) is 14.1. The summed E-state index contributed by atoms with van der Waals surface area (Å²) in [7, 11) is 0. The molecule has 1 fully saturated rings. The molecule has 1 saturated heterocycles.